The van der Waals surface area contributed by atoms with Gasteiger partial charge in [-0.25, -0.2) is 4.79 Å². The molecule has 1 aromatic heterocycles. The van der Waals surface area contributed by atoms with E-state index in [1.807, 2.05) is 0 Å². The number of furan rings is 1. The fourth-order valence-electron chi connectivity index (χ4n) is 1.76. The largest absolute Gasteiger partial charge is 0.478 e. The number of carboxylic acids is 1. The zero-order valence-electron chi connectivity index (χ0n) is 11.3. The fourth-order valence-corrected chi connectivity index (χ4v) is 1.76. The molecule has 5 heteroatoms. The summed E-state index contributed by atoms with van der Waals surface area (Å²) in [7, 11) is 0. The van der Waals surface area contributed by atoms with E-state index in [1.165, 1.54) is 31.7 Å². The molecule has 0 fully saturated rings. The van der Waals surface area contributed by atoms with E-state index in [0.717, 1.165) is 19.1 Å². The highest BCUT2D eigenvalue weighted by Gasteiger charge is 2.13. The van der Waals surface area contributed by atoms with Gasteiger partial charge < -0.3 is 14.8 Å². The Balaban J connectivity index is 2.18. The fraction of sp³-hybridized carbons (Fsp3) is 0.571. The zero-order chi connectivity index (χ0) is 14.1. The summed E-state index contributed by atoms with van der Waals surface area (Å²) in [5, 5.41) is 11.4. The second kappa shape index (κ2) is 8.34. The van der Waals surface area contributed by atoms with Gasteiger partial charge in [-0.2, -0.15) is 0 Å². The lowest BCUT2D eigenvalue weighted by molar-refractivity contribution is 0.0696. The molecule has 0 bridgehead atoms. The van der Waals surface area contributed by atoms with Crippen molar-refractivity contribution in [1.29, 1.82) is 0 Å². The minimum atomic E-state index is -1.10. The quantitative estimate of drug-likeness (QED) is 0.674. The summed E-state index contributed by atoms with van der Waals surface area (Å²) < 4.78 is 4.90. The van der Waals surface area contributed by atoms with Gasteiger partial charge in [0.1, 0.15) is 6.26 Å². The van der Waals surface area contributed by atoms with Crippen LogP contribution in [0.4, 0.5) is 0 Å². The highest BCUT2D eigenvalue weighted by Crippen LogP contribution is 2.08. The average Bonchev–Trinajstić information content (AvgIpc) is 2.87. The maximum absolute atomic E-state index is 11.6. The topological polar surface area (TPSA) is 79.5 Å². The normalized spacial score (nSPS) is 10.4. The van der Waals surface area contributed by atoms with Gasteiger partial charge in [-0.05, 0) is 6.42 Å². The first kappa shape index (κ1) is 15.3. The first-order valence-corrected chi connectivity index (χ1v) is 6.75. The predicted octanol–water partition coefficient (Wildman–Crippen LogP) is 3.07. The lowest BCUT2D eigenvalue weighted by Gasteiger charge is -2.03. The zero-order valence-corrected chi connectivity index (χ0v) is 11.3. The summed E-state index contributed by atoms with van der Waals surface area (Å²) in [6, 6.07) is 1.24. The molecular formula is C14H21NO4. The van der Waals surface area contributed by atoms with Crippen molar-refractivity contribution in [2.45, 2.75) is 45.4 Å². The lowest BCUT2D eigenvalue weighted by Crippen LogP contribution is -2.23. The molecule has 0 saturated carbocycles. The summed E-state index contributed by atoms with van der Waals surface area (Å²) in [5.41, 5.74) is -0.00952. The first-order valence-electron chi connectivity index (χ1n) is 6.75. The van der Waals surface area contributed by atoms with E-state index in [0.29, 0.717) is 6.54 Å². The number of unbranched alkanes of at least 4 members (excludes halogenated alkanes) is 5. The first-order chi connectivity index (χ1) is 9.15. The van der Waals surface area contributed by atoms with Gasteiger partial charge in [-0.15, -0.1) is 0 Å². The minimum absolute atomic E-state index is 0.00952. The standard InChI is InChI=1S/C14H21NO4/c1-2-3-4-5-6-7-8-15-13(16)12-9-11(10-19-12)14(17)18/h9-10H,2-8H2,1H3,(H,15,16)(H,17,18). The summed E-state index contributed by atoms with van der Waals surface area (Å²) >= 11 is 0. The maximum atomic E-state index is 11.6. The minimum Gasteiger partial charge on any atom is -0.478 e. The molecular weight excluding hydrogens is 246 g/mol. The molecule has 0 aliphatic carbocycles. The van der Waals surface area contributed by atoms with E-state index in [1.54, 1.807) is 0 Å². The van der Waals surface area contributed by atoms with Crippen molar-refractivity contribution in [1.82, 2.24) is 5.32 Å². The van der Waals surface area contributed by atoms with Gasteiger partial charge in [0, 0.05) is 12.6 Å². The van der Waals surface area contributed by atoms with E-state index < -0.39 is 5.97 Å². The summed E-state index contributed by atoms with van der Waals surface area (Å²) in [6.07, 6.45) is 8.01. The van der Waals surface area contributed by atoms with Crippen molar-refractivity contribution in [2.24, 2.45) is 0 Å². The van der Waals surface area contributed by atoms with Gasteiger partial charge in [0.25, 0.3) is 5.91 Å². The number of amides is 1. The van der Waals surface area contributed by atoms with Gasteiger partial charge >= 0.3 is 5.97 Å². The number of carbonyl (C=O) groups excluding carboxylic acids is 1. The van der Waals surface area contributed by atoms with Gasteiger partial charge in [0.05, 0.1) is 5.56 Å². The Hall–Kier alpha value is -1.78. The van der Waals surface area contributed by atoms with Crippen LogP contribution in [0.5, 0.6) is 0 Å². The Morgan fingerprint density at radius 2 is 1.89 bits per heavy atom. The second-order valence-electron chi connectivity index (χ2n) is 4.53. The smallest absolute Gasteiger partial charge is 0.338 e. The summed E-state index contributed by atoms with van der Waals surface area (Å²) in [5.74, 6) is -1.41. The number of nitrogens with one attached hydrogen (secondary N) is 1. The van der Waals surface area contributed by atoms with Crippen molar-refractivity contribution in [2.75, 3.05) is 6.54 Å². The molecule has 0 spiro atoms. The van der Waals surface area contributed by atoms with E-state index in [-0.39, 0.29) is 17.2 Å². The third kappa shape index (κ3) is 5.59. The van der Waals surface area contributed by atoms with Crippen LogP contribution in [0, 0.1) is 0 Å². The number of carboxylic acid groups (broad SMARTS) is 1. The molecule has 19 heavy (non-hydrogen) atoms. The molecule has 2 N–H and O–H groups in total. The van der Waals surface area contributed by atoms with Crippen molar-refractivity contribution >= 4 is 11.9 Å². The van der Waals surface area contributed by atoms with Crippen LogP contribution in [0.25, 0.3) is 0 Å². The van der Waals surface area contributed by atoms with Crippen molar-refractivity contribution in [3.8, 4) is 0 Å². The highest BCUT2D eigenvalue weighted by atomic mass is 16.4. The molecule has 1 rings (SSSR count). The van der Waals surface area contributed by atoms with Gasteiger partial charge in [-0.3, -0.25) is 4.79 Å². The van der Waals surface area contributed by atoms with Crippen molar-refractivity contribution < 1.29 is 19.1 Å². The molecule has 0 aliphatic heterocycles. The third-order valence-corrected chi connectivity index (χ3v) is 2.89. The predicted molar refractivity (Wildman–Crippen MR) is 71.4 cm³/mol. The second-order valence-corrected chi connectivity index (χ2v) is 4.53. The third-order valence-electron chi connectivity index (χ3n) is 2.89. The van der Waals surface area contributed by atoms with Crippen LogP contribution in [-0.4, -0.2) is 23.5 Å². The molecule has 0 aromatic carbocycles. The van der Waals surface area contributed by atoms with E-state index in [2.05, 4.69) is 12.2 Å². The molecule has 0 aliphatic rings. The van der Waals surface area contributed by atoms with Crippen molar-refractivity contribution in [3.05, 3.63) is 23.7 Å². The van der Waals surface area contributed by atoms with Crippen LogP contribution in [0.3, 0.4) is 0 Å². The number of carbonyl (C=O) groups is 2. The Labute approximate surface area is 113 Å². The molecule has 1 aromatic rings. The van der Waals surface area contributed by atoms with Gasteiger partial charge in [0.2, 0.25) is 0 Å². The van der Waals surface area contributed by atoms with Crippen LogP contribution in [0.2, 0.25) is 0 Å². The average molecular weight is 267 g/mol. The molecule has 0 atom stereocenters. The molecule has 0 saturated heterocycles. The van der Waals surface area contributed by atoms with Gasteiger partial charge in [-0.1, -0.05) is 39.0 Å². The van der Waals surface area contributed by atoms with Crippen molar-refractivity contribution in [3.63, 3.8) is 0 Å². The van der Waals surface area contributed by atoms with Crippen LogP contribution in [0.15, 0.2) is 16.7 Å². The van der Waals surface area contributed by atoms with Crippen LogP contribution in [-0.2, 0) is 0 Å². The monoisotopic (exact) mass is 267 g/mol. The van der Waals surface area contributed by atoms with Gasteiger partial charge in [0.15, 0.2) is 5.76 Å². The Kier molecular flexibility index (Phi) is 6.71. The Morgan fingerprint density at radius 1 is 1.21 bits per heavy atom. The molecule has 5 nitrogen and oxygen atoms in total. The molecule has 0 unspecified atom stereocenters. The number of rotatable bonds is 9. The van der Waals surface area contributed by atoms with Crippen LogP contribution in [0.1, 0.15) is 66.4 Å². The summed E-state index contributed by atoms with van der Waals surface area (Å²) in [6.45, 7) is 2.77. The summed E-state index contributed by atoms with van der Waals surface area (Å²) in [4.78, 5) is 22.2. The molecule has 0 radical (unpaired) electrons. The highest BCUT2D eigenvalue weighted by molar-refractivity contribution is 5.95. The van der Waals surface area contributed by atoms with Crippen LogP contribution >= 0.6 is 0 Å². The number of hydrogen-bond donors (Lipinski definition) is 2. The van der Waals surface area contributed by atoms with E-state index in [4.69, 9.17) is 9.52 Å². The Bertz CT molecular complexity index is 411. The Morgan fingerprint density at radius 3 is 2.53 bits per heavy atom. The SMILES string of the molecule is CCCCCCCCNC(=O)c1cc(C(=O)O)co1. The molecule has 1 heterocycles. The number of hydrogen-bond acceptors (Lipinski definition) is 3. The lowest BCUT2D eigenvalue weighted by atomic mass is 10.1. The molecule has 1 amide bonds. The van der Waals surface area contributed by atoms with Crippen LogP contribution < -0.4 is 5.32 Å². The number of aromatic carboxylic acids is 1. The van der Waals surface area contributed by atoms with E-state index in [9.17, 15) is 9.59 Å². The molecule has 106 valence electrons. The van der Waals surface area contributed by atoms with E-state index >= 15 is 0 Å². The maximum Gasteiger partial charge on any atom is 0.338 e.